The molecule has 0 saturated carbocycles. The molecule has 0 aliphatic rings. The summed E-state index contributed by atoms with van der Waals surface area (Å²) in [5, 5.41) is 19.4. The van der Waals surface area contributed by atoms with Crippen molar-refractivity contribution < 1.29 is 130 Å². The van der Waals surface area contributed by atoms with Crippen molar-refractivity contribution >= 4 is 39.0 Å². The van der Waals surface area contributed by atoms with Gasteiger partial charge in [-0.1, -0.05) is 30.3 Å². The summed E-state index contributed by atoms with van der Waals surface area (Å²) in [5.74, 6) is 0.465. The fourth-order valence-corrected chi connectivity index (χ4v) is 2.44. The fraction of sp³-hybridized carbons (Fsp3) is 0.0556. The van der Waals surface area contributed by atoms with Crippen LogP contribution in [0, 0.1) is 6.92 Å². The summed E-state index contributed by atoms with van der Waals surface area (Å²) in [7, 11) is -4.42. The average Bonchev–Trinajstić information content (AvgIpc) is 2.65. The van der Waals surface area contributed by atoms with Gasteiger partial charge in [0, 0.05) is 0 Å². The number of benzene rings is 3. The Balaban J connectivity index is -0.000000198. The first kappa shape index (κ1) is 39.4. The molecular formula is C18H17Na3O9S2. The Morgan fingerprint density at radius 3 is 1.69 bits per heavy atom. The summed E-state index contributed by atoms with van der Waals surface area (Å²) >= 11 is -3.11. The zero-order chi connectivity index (χ0) is 22.6. The maximum Gasteiger partial charge on any atom is 1.00 e. The zero-order valence-corrected chi connectivity index (χ0v) is 25.7. The fourth-order valence-electron chi connectivity index (χ4n) is 1.93. The minimum Gasteiger partial charge on any atom is -0.784 e. The second-order valence-corrected chi connectivity index (χ2v) is 6.93. The van der Waals surface area contributed by atoms with Gasteiger partial charge in [-0.2, -0.15) is 0 Å². The Labute approximate surface area is 255 Å². The first-order chi connectivity index (χ1) is 13.5. The van der Waals surface area contributed by atoms with E-state index in [-0.39, 0.29) is 99.3 Å². The molecule has 0 heterocycles. The van der Waals surface area contributed by atoms with Gasteiger partial charge in [0.1, 0.15) is 28.4 Å². The summed E-state index contributed by atoms with van der Waals surface area (Å²) < 4.78 is 57.5. The van der Waals surface area contributed by atoms with E-state index >= 15 is 0 Å². The van der Waals surface area contributed by atoms with Crippen LogP contribution >= 0.6 is 0 Å². The number of aryl methyl sites for hydroxylation is 1. The molecule has 0 amide bonds. The van der Waals surface area contributed by atoms with E-state index in [1.54, 1.807) is 12.1 Å². The van der Waals surface area contributed by atoms with Crippen molar-refractivity contribution in [3.63, 3.8) is 0 Å². The van der Waals surface area contributed by atoms with Gasteiger partial charge in [-0.25, -0.2) is 8.42 Å². The smallest absolute Gasteiger partial charge is 0.784 e. The molecule has 0 radical (unpaired) electrons. The average molecular weight is 510 g/mol. The quantitative estimate of drug-likeness (QED) is 0.183. The molecule has 0 aliphatic heterocycles. The molecule has 3 rings (SSSR count). The molecule has 0 aromatic heterocycles. The minimum absolute atomic E-state index is 0. The third-order valence-electron chi connectivity index (χ3n) is 3.20. The van der Waals surface area contributed by atoms with Gasteiger partial charge in [0.15, 0.2) is 0 Å². The molecule has 0 atom stereocenters. The van der Waals surface area contributed by atoms with E-state index in [0.29, 0.717) is 16.5 Å². The maximum atomic E-state index is 10.7. The number of carbonyl (C=O) groups excluding carboxylic acids is 1. The Kier molecular flexibility index (Phi) is 25.3. The van der Waals surface area contributed by atoms with Gasteiger partial charge in [0.25, 0.3) is 0 Å². The number of carbonyl (C=O) groups is 1. The van der Waals surface area contributed by atoms with E-state index in [4.69, 9.17) is 23.2 Å². The monoisotopic (exact) mass is 510 g/mol. The van der Waals surface area contributed by atoms with E-state index in [1.165, 1.54) is 30.3 Å². The van der Waals surface area contributed by atoms with E-state index < -0.39 is 21.5 Å². The number of para-hydroxylation sites is 1. The van der Waals surface area contributed by atoms with Crippen LogP contribution < -0.4 is 88.7 Å². The molecule has 0 saturated heterocycles. The molecule has 0 fully saturated rings. The van der Waals surface area contributed by atoms with Crippen molar-refractivity contribution in [2.75, 3.05) is 0 Å². The summed E-state index contributed by atoms with van der Waals surface area (Å²) in [4.78, 5) is 7.74. The van der Waals surface area contributed by atoms with Crippen LogP contribution in [0.5, 0.6) is 11.5 Å². The van der Waals surface area contributed by atoms with E-state index in [9.17, 15) is 18.1 Å². The predicted molar refractivity (Wildman–Crippen MR) is 103 cm³/mol. The second kappa shape index (κ2) is 20.5. The molecule has 0 bridgehead atoms. The zero-order valence-electron chi connectivity index (χ0n) is 18.0. The summed E-state index contributed by atoms with van der Waals surface area (Å²) in [5.41, 5.74) is 0.924. The summed E-state index contributed by atoms with van der Waals surface area (Å²) in [6.07, 6.45) is 0. The van der Waals surface area contributed by atoms with Gasteiger partial charge >= 0.3 is 88.7 Å². The Morgan fingerprint density at radius 1 is 0.844 bits per heavy atom. The largest absolute Gasteiger partial charge is 1.00 e. The first-order valence-electron chi connectivity index (χ1n) is 7.49. The molecule has 14 heteroatoms. The van der Waals surface area contributed by atoms with Crippen molar-refractivity contribution in [1.29, 1.82) is 0 Å². The van der Waals surface area contributed by atoms with Crippen molar-refractivity contribution in [2.45, 2.75) is 11.8 Å². The summed E-state index contributed by atoms with van der Waals surface area (Å²) in [6.45, 7) is 3.87. The van der Waals surface area contributed by atoms with Crippen molar-refractivity contribution in [3.8, 4) is 11.5 Å². The van der Waals surface area contributed by atoms with Crippen LogP contribution in [0.1, 0.15) is 5.56 Å². The van der Waals surface area contributed by atoms with Gasteiger partial charge in [-0.3, -0.25) is 4.21 Å². The van der Waals surface area contributed by atoms with Crippen LogP contribution in [-0.4, -0.2) is 43.3 Å². The van der Waals surface area contributed by atoms with E-state index in [0.717, 1.165) is 5.56 Å². The SMILES string of the molecule is C=O.Cc1ccccc1O.O=S(=O)([O-])c1ccc2cc(O)ccc2c1.O=S([O-])[O-].[Na+].[Na+].[Na+]. The van der Waals surface area contributed by atoms with Crippen LogP contribution in [0.25, 0.3) is 10.8 Å². The first-order valence-corrected chi connectivity index (χ1v) is 9.90. The Hall–Kier alpha value is 0.170. The molecule has 9 nitrogen and oxygen atoms in total. The minimum atomic E-state index is -4.42. The van der Waals surface area contributed by atoms with Gasteiger partial charge in [0.05, 0.1) is 4.90 Å². The number of hydrogen-bond acceptors (Lipinski definition) is 9. The number of aromatic hydroxyl groups is 2. The maximum absolute atomic E-state index is 10.7. The van der Waals surface area contributed by atoms with Gasteiger partial charge < -0.3 is 28.7 Å². The number of hydrogen-bond donors (Lipinski definition) is 2. The molecule has 3 aromatic carbocycles. The third kappa shape index (κ3) is 16.7. The van der Waals surface area contributed by atoms with Crippen molar-refractivity contribution in [3.05, 3.63) is 66.2 Å². The normalized spacial score (nSPS) is 9.03. The second-order valence-electron chi connectivity index (χ2n) is 5.14. The number of fused-ring (bicyclic) bond motifs is 1. The van der Waals surface area contributed by atoms with Crippen LogP contribution in [0.4, 0.5) is 0 Å². The molecule has 0 unspecified atom stereocenters. The van der Waals surface area contributed by atoms with E-state index in [1.807, 2.05) is 31.9 Å². The molecule has 32 heavy (non-hydrogen) atoms. The molecular weight excluding hydrogens is 493 g/mol. The Bertz CT molecular complexity index is 1040. The van der Waals surface area contributed by atoms with Gasteiger partial charge in [-0.05, 0) is 53.6 Å². The molecule has 158 valence electrons. The van der Waals surface area contributed by atoms with Crippen LogP contribution in [0.15, 0.2) is 65.6 Å². The number of rotatable bonds is 1. The van der Waals surface area contributed by atoms with Crippen molar-refractivity contribution in [1.82, 2.24) is 0 Å². The number of phenolic OH excluding ortho intramolecular Hbond substituents is 2. The Morgan fingerprint density at radius 2 is 1.28 bits per heavy atom. The molecule has 2 N–H and O–H groups in total. The predicted octanol–water partition coefficient (Wildman–Crippen LogP) is -7.03. The molecule has 0 aliphatic carbocycles. The number of phenols is 2. The molecule has 0 spiro atoms. The van der Waals surface area contributed by atoms with Crippen LogP contribution in [0.3, 0.4) is 0 Å². The third-order valence-corrected chi connectivity index (χ3v) is 4.03. The topological polar surface area (TPSA) is 178 Å². The van der Waals surface area contributed by atoms with Crippen molar-refractivity contribution in [2.24, 2.45) is 0 Å². The standard InChI is InChI=1S/C10H8O4S.C7H8O.CH2O.3Na.H2O3S/c11-9-3-1-8-6-10(15(12,13)14)4-2-7(8)5-9;1-6-4-2-3-5-7(6)8;1-2;;;;1-4(2)3/h1-6,11H,(H,12,13,14);2-5,8H,1H3;1H2;;;;(H2,1,2,3)/q;;;3*+1;/p-3. The van der Waals surface area contributed by atoms with Crippen LogP contribution in [0.2, 0.25) is 0 Å². The van der Waals surface area contributed by atoms with Gasteiger partial charge in [0.2, 0.25) is 0 Å². The van der Waals surface area contributed by atoms with E-state index in [2.05, 4.69) is 0 Å². The van der Waals surface area contributed by atoms with Gasteiger partial charge in [-0.15, -0.1) is 11.4 Å². The summed E-state index contributed by atoms with van der Waals surface area (Å²) in [6, 6.07) is 15.7. The van der Waals surface area contributed by atoms with Crippen LogP contribution in [-0.2, 0) is 26.3 Å². The molecule has 3 aromatic rings.